The Morgan fingerprint density at radius 3 is 2.40 bits per heavy atom. The molecular weight excluding hydrogens is 122 g/mol. The van der Waals surface area contributed by atoms with Crippen LogP contribution in [-0.4, -0.2) is 0 Å². The molecule has 0 aromatic heterocycles. The third-order valence-corrected chi connectivity index (χ3v) is 1.31. The van der Waals surface area contributed by atoms with Gasteiger partial charge in [0, 0.05) is 0 Å². The first-order valence-corrected chi connectivity index (χ1v) is 3.11. The second-order valence-corrected chi connectivity index (χ2v) is 2.15. The van der Waals surface area contributed by atoms with Crippen LogP contribution in [0.25, 0.3) is 0 Å². The lowest BCUT2D eigenvalue weighted by atomic mass is 10.1. The Morgan fingerprint density at radius 2 is 1.90 bits per heavy atom. The molecule has 10 heavy (non-hydrogen) atoms. The largest absolute Gasteiger partial charge is 0.198 e. The average Bonchev–Trinajstić information content (AvgIpc) is 1.95. The van der Waals surface area contributed by atoms with Crippen LogP contribution < -0.4 is 0 Å². The van der Waals surface area contributed by atoms with Crippen molar-refractivity contribution in [3.63, 3.8) is 0 Å². The molecule has 1 aromatic carbocycles. The van der Waals surface area contributed by atoms with E-state index in [1.807, 2.05) is 24.3 Å². The lowest BCUT2D eigenvalue weighted by molar-refractivity contribution is 1.26. The van der Waals surface area contributed by atoms with E-state index in [1.54, 1.807) is 0 Å². The van der Waals surface area contributed by atoms with Gasteiger partial charge in [-0.25, -0.2) is 0 Å². The molecule has 0 fully saturated rings. The molecule has 1 nitrogen and oxygen atoms in total. The van der Waals surface area contributed by atoms with Crippen molar-refractivity contribution < 1.29 is 0 Å². The maximum atomic E-state index is 8.32. The average molecular weight is 130 g/mol. The Labute approximate surface area is 60.9 Å². The molecule has 0 saturated carbocycles. The molecule has 1 radical (unpaired) electrons. The van der Waals surface area contributed by atoms with Gasteiger partial charge in [0.1, 0.15) is 0 Å². The van der Waals surface area contributed by atoms with E-state index >= 15 is 0 Å². The number of rotatable bonds is 1. The summed E-state index contributed by atoms with van der Waals surface area (Å²) in [6.07, 6.45) is 0.486. The zero-order chi connectivity index (χ0) is 7.40. The predicted octanol–water partition coefficient (Wildman–Crippen LogP) is 1.93. The van der Waals surface area contributed by atoms with Crippen molar-refractivity contribution in [3.8, 4) is 6.07 Å². The lowest BCUT2D eigenvalue weighted by Gasteiger charge is -1.93. The molecule has 1 aromatic rings. The highest BCUT2D eigenvalue weighted by Gasteiger charge is 1.88. The monoisotopic (exact) mass is 130 g/mol. The Morgan fingerprint density at radius 1 is 1.30 bits per heavy atom. The molecule has 0 amide bonds. The molecule has 0 heterocycles. The van der Waals surface area contributed by atoms with Crippen molar-refractivity contribution in [2.24, 2.45) is 0 Å². The van der Waals surface area contributed by atoms with Crippen LogP contribution in [0.15, 0.2) is 24.3 Å². The van der Waals surface area contributed by atoms with E-state index < -0.39 is 0 Å². The van der Waals surface area contributed by atoms with Gasteiger partial charge in [-0.15, -0.1) is 0 Å². The van der Waals surface area contributed by atoms with Gasteiger partial charge in [0.25, 0.3) is 0 Å². The zero-order valence-electron chi connectivity index (χ0n) is 5.67. The highest BCUT2D eigenvalue weighted by molar-refractivity contribution is 5.25. The van der Waals surface area contributed by atoms with Crippen molar-refractivity contribution in [2.45, 2.75) is 6.42 Å². The molecule has 0 aliphatic carbocycles. The first-order chi connectivity index (χ1) is 4.83. The molecule has 1 heteroatoms. The fourth-order valence-corrected chi connectivity index (χ4v) is 0.748. The van der Waals surface area contributed by atoms with Crippen LogP contribution >= 0.6 is 0 Å². The summed E-state index contributed by atoms with van der Waals surface area (Å²) in [4.78, 5) is 0. The fraction of sp³-hybridized carbons (Fsp3) is 0.111. The van der Waals surface area contributed by atoms with Crippen molar-refractivity contribution in [3.05, 3.63) is 42.3 Å². The van der Waals surface area contributed by atoms with Crippen LogP contribution in [0.1, 0.15) is 11.1 Å². The normalized spacial score (nSPS) is 8.80. The zero-order valence-corrected chi connectivity index (χ0v) is 5.67. The van der Waals surface area contributed by atoms with E-state index in [1.165, 1.54) is 0 Å². The van der Waals surface area contributed by atoms with E-state index in [0.29, 0.717) is 6.42 Å². The Hall–Kier alpha value is -1.29. The van der Waals surface area contributed by atoms with Crippen LogP contribution in [0.4, 0.5) is 0 Å². The standard InChI is InChI=1S/C9H8N/c1-8-2-4-9(5-3-8)6-7-10/h2-5H,1,6H2. The second-order valence-electron chi connectivity index (χ2n) is 2.15. The van der Waals surface area contributed by atoms with Gasteiger partial charge in [-0.3, -0.25) is 0 Å². The Kier molecular flexibility index (Phi) is 2.07. The lowest BCUT2D eigenvalue weighted by Crippen LogP contribution is -1.79. The van der Waals surface area contributed by atoms with Crippen LogP contribution in [-0.2, 0) is 6.42 Å². The van der Waals surface area contributed by atoms with Gasteiger partial charge in [-0.1, -0.05) is 24.3 Å². The molecule has 0 N–H and O–H groups in total. The number of nitriles is 1. The maximum Gasteiger partial charge on any atom is 0.0669 e. The number of nitrogens with zero attached hydrogens (tertiary/aromatic N) is 1. The summed E-state index contributed by atoms with van der Waals surface area (Å²) < 4.78 is 0. The quantitative estimate of drug-likeness (QED) is 0.569. The van der Waals surface area contributed by atoms with Gasteiger partial charge in [-0.2, -0.15) is 5.26 Å². The van der Waals surface area contributed by atoms with Crippen LogP contribution in [0.3, 0.4) is 0 Å². The molecule has 0 aliphatic rings. The second kappa shape index (κ2) is 3.03. The summed E-state index contributed by atoms with van der Waals surface area (Å²) in [7, 11) is 0. The van der Waals surface area contributed by atoms with Crippen molar-refractivity contribution in [1.29, 1.82) is 5.26 Å². The summed E-state index contributed by atoms with van der Waals surface area (Å²) >= 11 is 0. The van der Waals surface area contributed by atoms with E-state index in [-0.39, 0.29) is 0 Å². The van der Waals surface area contributed by atoms with E-state index in [4.69, 9.17) is 5.26 Å². The molecule has 1 rings (SSSR count). The molecule has 49 valence electrons. The third kappa shape index (κ3) is 1.60. The van der Waals surface area contributed by atoms with Gasteiger partial charge in [-0.05, 0) is 18.1 Å². The van der Waals surface area contributed by atoms with Gasteiger partial charge in [0.15, 0.2) is 0 Å². The van der Waals surface area contributed by atoms with Crippen LogP contribution in [0.5, 0.6) is 0 Å². The first-order valence-electron chi connectivity index (χ1n) is 3.11. The Balaban J connectivity index is 2.81. The first kappa shape index (κ1) is 6.82. The minimum absolute atomic E-state index is 0.486. The summed E-state index contributed by atoms with van der Waals surface area (Å²) in [6.45, 7) is 3.74. The highest BCUT2D eigenvalue weighted by atomic mass is 14.2. The number of hydrogen-bond donors (Lipinski definition) is 0. The molecule has 0 atom stereocenters. The smallest absolute Gasteiger partial charge is 0.0669 e. The number of benzene rings is 1. The number of hydrogen-bond acceptors (Lipinski definition) is 1. The minimum Gasteiger partial charge on any atom is -0.198 e. The fourth-order valence-electron chi connectivity index (χ4n) is 0.748. The summed E-state index contributed by atoms with van der Waals surface area (Å²) in [5.41, 5.74) is 2.04. The van der Waals surface area contributed by atoms with E-state index in [2.05, 4.69) is 13.0 Å². The van der Waals surface area contributed by atoms with E-state index in [0.717, 1.165) is 11.1 Å². The summed E-state index contributed by atoms with van der Waals surface area (Å²) in [5, 5.41) is 8.32. The van der Waals surface area contributed by atoms with Crippen LogP contribution in [0, 0.1) is 18.3 Å². The minimum atomic E-state index is 0.486. The molecule has 0 spiro atoms. The summed E-state index contributed by atoms with van der Waals surface area (Å²) in [5.74, 6) is 0. The summed E-state index contributed by atoms with van der Waals surface area (Å²) in [6, 6.07) is 9.75. The van der Waals surface area contributed by atoms with Crippen molar-refractivity contribution >= 4 is 0 Å². The molecule has 0 bridgehead atoms. The van der Waals surface area contributed by atoms with Gasteiger partial charge in [0.2, 0.25) is 0 Å². The van der Waals surface area contributed by atoms with Gasteiger partial charge < -0.3 is 0 Å². The van der Waals surface area contributed by atoms with Crippen molar-refractivity contribution in [2.75, 3.05) is 0 Å². The highest BCUT2D eigenvalue weighted by Crippen LogP contribution is 2.02. The maximum absolute atomic E-state index is 8.32. The topological polar surface area (TPSA) is 23.8 Å². The molecule has 0 unspecified atom stereocenters. The third-order valence-electron chi connectivity index (χ3n) is 1.31. The SMILES string of the molecule is [CH2]c1ccc(CC#N)cc1. The Bertz CT molecular complexity index is 240. The van der Waals surface area contributed by atoms with E-state index in [9.17, 15) is 0 Å². The molecule has 0 saturated heterocycles. The van der Waals surface area contributed by atoms with Crippen LogP contribution in [0.2, 0.25) is 0 Å². The van der Waals surface area contributed by atoms with Crippen molar-refractivity contribution in [1.82, 2.24) is 0 Å². The molecule has 0 aliphatic heterocycles. The predicted molar refractivity (Wildman–Crippen MR) is 40.2 cm³/mol. The molecular formula is C9H8N. The van der Waals surface area contributed by atoms with Gasteiger partial charge >= 0.3 is 0 Å². The van der Waals surface area contributed by atoms with Gasteiger partial charge in [0.05, 0.1) is 12.5 Å².